The number of fused-ring (bicyclic) bond motifs is 1. The predicted octanol–water partition coefficient (Wildman–Crippen LogP) is 3.04. The molecule has 0 aromatic carbocycles. The molecular weight excluding hydrogens is 256 g/mol. The van der Waals surface area contributed by atoms with Crippen LogP contribution in [0.2, 0.25) is 0 Å². The second-order valence-electron chi connectivity index (χ2n) is 4.48. The summed E-state index contributed by atoms with van der Waals surface area (Å²) in [5, 5.41) is 0. The lowest BCUT2D eigenvalue weighted by Crippen LogP contribution is -2.03. The van der Waals surface area contributed by atoms with Crippen LogP contribution in [0.4, 0.5) is 0 Å². The van der Waals surface area contributed by atoms with Crippen LogP contribution >= 0.6 is 12.2 Å². The van der Waals surface area contributed by atoms with Crippen molar-refractivity contribution in [3.8, 4) is 0 Å². The van der Waals surface area contributed by atoms with Gasteiger partial charge in [-0.15, -0.1) is 0 Å². The van der Waals surface area contributed by atoms with E-state index in [1.807, 2.05) is 48.0 Å². The fourth-order valence-corrected chi connectivity index (χ4v) is 2.39. The Hall–Kier alpha value is -2.01. The highest BCUT2D eigenvalue weighted by molar-refractivity contribution is 7.71. The van der Waals surface area contributed by atoms with Gasteiger partial charge in [0.15, 0.2) is 10.4 Å². The lowest BCUT2D eigenvalue weighted by atomic mass is 10.3. The fraction of sp³-hybridized carbons (Fsp3) is 0.214. The van der Waals surface area contributed by atoms with Crippen molar-refractivity contribution in [2.75, 3.05) is 0 Å². The summed E-state index contributed by atoms with van der Waals surface area (Å²) >= 11 is 5.36. The maximum absolute atomic E-state index is 5.36. The van der Waals surface area contributed by atoms with Crippen molar-refractivity contribution >= 4 is 23.4 Å². The van der Waals surface area contributed by atoms with E-state index in [1.54, 1.807) is 0 Å². The minimum atomic E-state index is 0.712. The summed E-state index contributed by atoms with van der Waals surface area (Å²) in [6, 6.07) is 9.95. The van der Waals surface area contributed by atoms with Crippen LogP contribution in [0.15, 0.2) is 36.5 Å². The Bertz CT molecular complexity index is 758. The van der Waals surface area contributed by atoms with Gasteiger partial charge in [-0.25, -0.2) is 4.98 Å². The maximum atomic E-state index is 5.36. The average molecular weight is 270 g/mol. The predicted molar refractivity (Wildman–Crippen MR) is 77.6 cm³/mol. The average Bonchev–Trinajstić information content (AvgIpc) is 2.73. The highest BCUT2D eigenvalue weighted by Crippen LogP contribution is 2.13. The summed E-state index contributed by atoms with van der Waals surface area (Å²) in [6.07, 6.45) is 2.66. The number of aromatic amines is 1. The molecule has 19 heavy (non-hydrogen) atoms. The van der Waals surface area contributed by atoms with E-state index in [2.05, 4.69) is 15.0 Å². The van der Waals surface area contributed by atoms with Crippen LogP contribution in [-0.4, -0.2) is 19.5 Å². The van der Waals surface area contributed by atoms with Crippen molar-refractivity contribution in [3.05, 3.63) is 52.7 Å². The summed E-state index contributed by atoms with van der Waals surface area (Å²) < 4.78 is 2.75. The summed E-state index contributed by atoms with van der Waals surface area (Å²) in [5.41, 5.74) is 3.96. The number of nitrogens with zero attached hydrogens (tertiary/aromatic N) is 3. The molecule has 0 spiro atoms. The Morgan fingerprint density at radius 1 is 1.26 bits per heavy atom. The van der Waals surface area contributed by atoms with Crippen LogP contribution in [0.5, 0.6) is 0 Å². The second-order valence-corrected chi connectivity index (χ2v) is 4.86. The summed E-state index contributed by atoms with van der Waals surface area (Å²) in [7, 11) is 0. The van der Waals surface area contributed by atoms with Crippen LogP contribution in [0.25, 0.3) is 11.2 Å². The Balaban J connectivity index is 1.94. The molecule has 0 aliphatic rings. The first kappa shape index (κ1) is 12.0. The molecule has 3 aromatic rings. The largest absolute Gasteiger partial charge is 0.329 e. The summed E-state index contributed by atoms with van der Waals surface area (Å²) in [4.78, 5) is 12.1. The number of H-pyrrole nitrogens is 1. The van der Waals surface area contributed by atoms with Gasteiger partial charge < -0.3 is 9.55 Å². The summed E-state index contributed by atoms with van der Waals surface area (Å²) in [5.74, 6) is 0. The van der Waals surface area contributed by atoms with Crippen molar-refractivity contribution in [1.29, 1.82) is 0 Å². The molecule has 0 atom stereocenters. The normalized spacial score (nSPS) is 11.0. The number of pyridine rings is 2. The van der Waals surface area contributed by atoms with E-state index in [9.17, 15) is 0 Å². The SMILES string of the molecule is Cc1ccc2[nH]c(=S)n(CCc3ccccn3)c2n1. The molecule has 0 saturated carbocycles. The molecule has 3 heterocycles. The third-order valence-corrected chi connectivity index (χ3v) is 3.40. The first-order valence-corrected chi connectivity index (χ1v) is 6.61. The van der Waals surface area contributed by atoms with Gasteiger partial charge in [-0.3, -0.25) is 4.98 Å². The zero-order valence-electron chi connectivity index (χ0n) is 10.6. The molecule has 0 aliphatic carbocycles. The third kappa shape index (κ3) is 2.42. The van der Waals surface area contributed by atoms with E-state index in [1.165, 1.54) is 0 Å². The number of rotatable bonds is 3. The van der Waals surface area contributed by atoms with Crippen LogP contribution in [0.3, 0.4) is 0 Å². The molecule has 0 bridgehead atoms. The Kier molecular flexibility index (Phi) is 3.13. The molecule has 3 aromatic heterocycles. The van der Waals surface area contributed by atoms with Crippen LogP contribution in [0, 0.1) is 11.7 Å². The molecule has 5 heteroatoms. The first-order valence-electron chi connectivity index (χ1n) is 6.20. The van der Waals surface area contributed by atoms with E-state index in [-0.39, 0.29) is 0 Å². The van der Waals surface area contributed by atoms with Crippen molar-refractivity contribution in [3.63, 3.8) is 0 Å². The highest BCUT2D eigenvalue weighted by atomic mass is 32.1. The smallest absolute Gasteiger partial charge is 0.179 e. The van der Waals surface area contributed by atoms with Crippen molar-refractivity contribution in [2.45, 2.75) is 19.9 Å². The van der Waals surface area contributed by atoms with Crippen molar-refractivity contribution in [2.24, 2.45) is 0 Å². The van der Waals surface area contributed by atoms with Crippen LogP contribution in [-0.2, 0) is 13.0 Å². The Morgan fingerprint density at radius 3 is 2.95 bits per heavy atom. The van der Waals surface area contributed by atoms with Gasteiger partial charge in [-0.1, -0.05) is 6.07 Å². The third-order valence-electron chi connectivity index (χ3n) is 3.07. The Labute approximate surface area is 116 Å². The van der Waals surface area contributed by atoms with Gasteiger partial charge in [0.05, 0.1) is 5.52 Å². The van der Waals surface area contributed by atoms with E-state index >= 15 is 0 Å². The van der Waals surface area contributed by atoms with Gasteiger partial charge in [-0.05, 0) is 43.4 Å². The number of imidazole rings is 1. The van der Waals surface area contributed by atoms with E-state index < -0.39 is 0 Å². The van der Waals surface area contributed by atoms with Gasteiger partial charge in [0.1, 0.15) is 0 Å². The highest BCUT2D eigenvalue weighted by Gasteiger charge is 2.06. The number of hydrogen-bond donors (Lipinski definition) is 1. The molecule has 96 valence electrons. The minimum absolute atomic E-state index is 0.712. The van der Waals surface area contributed by atoms with E-state index in [0.29, 0.717) is 4.77 Å². The second kappa shape index (κ2) is 4.93. The Morgan fingerprint density at radius 2 is 2.16 bits per heavy atom. The standard InChI is InChI=1S/C14H14N4S/c1-10-5-6-12-13(16-10)18(14(19)17-12)9-7-11-4-2-3-8-15-11/h2-6,8H,7,9H2,1H3,(H,17,19). The van der Waals surface area contributed by atoms with Gasteiger partial charge in [-0.2, -0.15) is 0 Å². The summed E-state index contributed by atoms with van der Waals surface area (Å²) in [6.45, 7) is 2.77. The molecule has 0 radical (unpaired) electrons. The van der Waals surface area contributed by atoms with Gasteiger partial charge in [0.2, 0.25) is 0 Å². The van der Waals surface area contributed by atoms with Gasteiger partial charge >= 0.3 is 0 Å². The number of nitrogens with one attached hydrogen (secondary N) is 1. The quantitative estimate of drug-likeness (QED) is 0.744. The van der Waals surface area contributed by atoms with Crippen molar-refractivity contribution < 1.29 is 0 Å². The molecule has 0 amide bonds. The zero-order valence-corrected chi connectivity index (χ0v) is 11.4. The molecule has 3 rings (SSSR count). The van der Waals surface area contributed by atoms with Gasteiger partial charge in [0.25, 0.3) is 0 Å². The molecule has 0 saturated heterocycles. The molecule has 0 fully saturated rings. The van der Waals surface area contributed by atoms with Crippen molar-refractivity contribution in [1.82, 2.24) is 19.5 Å². The topological polar surface area (TPSA) is 46.5 Å². The first-order chi connectivity index (χ1) is 9.24. The molecule has 1 N–H and O–H groups in total. The van der Waals surface area contributed by atoms with Gasteiger partial charge in [0, 0.05) is 30.6 Å². The molecule has 4 nitrogen and oxygen atoms in total. The van der Waals surface area contributed by atoms with Crippen LogP contribution in [0.1, 0.15) is 11.4 Å². The van der Waals surface area contributed by atoms with E-state index in [4.69, 9.17) is 12.2 Å². The monoisotopic (exact) mass is 270 g/mol. The number of hydrogen-bond acceptors (Lipinski definition) is 3. The lowest BCUT2D eigenvalue weighted by Gasteiger charge is -2.04. The molecule has 0 aliphatic heterocycles. The van der Waals surface area contributed by atoms with Crippen LogP contribution < -0.4 is 0 Å². The number of aromatic nitrogens is 4. The van der Waals surface area contributed by atoms with E-state index in [0.717, 1.165) is 35.5 Å². The molecular formula is C14H14N4S. The minimum Gasteiger partial charge on any atom is -0.329 e. The number of aryl methyl sites for hydroxylation is 3. The fourth-order valence-electron chi connectivity index (χ4n) is 2.11. The zero-order chi connectivity index (χ0) is 13.2. The lowest BCUT2D eigenvalue weighted by molar-refractivity contribution is 0.689. The maximum Gasteiger partial charge on any atom is 0.179 e. The molecule has 0 unspecified atom stereocenters.